The average Bonchev–Trinajstić information content (AvgIpc) is 3.15. The van der Waals surface area contributed by atoms with Crippen LogP contribution in [0.4, 0.5) is 0 Å². The summed E-state index contributed by atoms with van der Waals surface area (Å²) in [5, 5.41) is 9.28. The lowest BCUT2D eigenvalue weighted by molar-refractivity contribution is 0.182. The van der Waals surface area contributed by atoms with E-state index < -0.39 is 0 Å². The van der Waals surface area contributed by atoms with Crippen molar-refractivity contribution in [2.45, 2.75) is 64.5 Å². The summed E-state index contributed by atoms with van der Waals surface area (Å²) in [6, 6.07) is 5.03. The Bertz CT molecular complexity index is 506. The van der Waals surface area contributed by atoms with E-state index in [-0.39, 0.29) is 24.0 Å². The zero-order valence-corrected chi connectivity index (χ0v) is 19.2. The van der Waals surface area contributed by atoms with Gasteiger partial charge in [-0.3, -0.25) is 9.89 Å². The Morgan fingerprint density at radius 3 is 2.62 bits per heavy atom. The fraction of sp³-hybridized carbons (Fsp3) is 0.750. The van der Waals surface area contributed by atoms with Crippen molar-refractivity contribution in [3.8, 4) is 0 Å². The molecule has 1 aromatic rings. The maximum absolute atomic E-state index is 4.91. The van der Waals surface area contributed by atoms with Crippen LogP contribution in [0.1, 0.15) is 56.7 Å². The third-order valence-electron chi connectivity index (χ3n) is 5.46. The van der Waals surface area contributed by atoms with Crippen molar-refractivity contribution in [1.82, 2.24) is 15.5 Å². The third-order valence-corrected chi connectivity index (χ3v) is 6.33. The zero-order valence-electron chi connectivity index (χ0n) is 16.1. The Balaban J connectivity index is 0.00000243. The second-order valence-electron chi connectivity index (χ2n) is 7.50. The van der Waals surface area contributed by atoms with E-state index in [0.717, 1.165) is 31.5 Å². The first-order valence-electron chi connectivity index (χ1n) is 10.1. The van der Waals surface area contributed by atoms with Crippen LogP contribution in [-0.4, -0.2) is 43.1 Å². The van der Waals surface area contributed by atoms with Gasteiger partial charge in [0.2, 0.25) is 0 Å². The molecule has 0 atom stereocenters. The van der Waals surface area contributed by atoms with E-state index in [1.165, 1.54) is 62.9 Å². The maximum Gasteiger partial charge on any atom is 0.191 e. The van der Waals surface area contributed by atoms with Crippen molar-refractivity contribution < 1.29 is 0 Å². The number of nitrogens with one attached hydrogen (secondary N) is 2. The van der Waals surface area contributed by atoms with Gasteiger partial charge in [-0.15, -0.1) is 35.3 Å². The molecule has 0 aromatic carbocycles. The lowest BCUT2D eigenvalue weighted by atomic mass is 9.95. The molecule has 4 nitrogen and oxygen atoms in total. The second kappa shape index (κ2) is 12.2. The van der Waals surface area contributed by atoms with E-state index in [1.54, 1.807) is 0 Å². The Hall–Kier alpha value is -0.340. The van der Waals surface area contributed by atoms with Gasteiger partial charge in [0.15, 0.2) is 5.96 Å². The van der Waals surface area contributed by atoms with Crippen molar-refractivity contribution in [3.63, 3.8) is 0 Å². The van der Waals surface area contributed by atoms with Crippen LogP contribution in [0.5, 0.6) is 0 Å². The molecule has 6 heteroatoms. The molecular formula is C20H35IN4S. The summed E-state index contributed by atoms with van der Waals surface area (Å²) in [7, 11) is 0. The summed E-state index contributed by atoms with van der Waals surface area (Å²) in [4.78, 5) is 8.99. The average molecular weight is 490 g/mol. The van der Waals surface area contributed by atoms with Gasteiger partial charge in [-0.05, 0) is 63.1 Å². The summed E-state index contributed by atoms with van der Waals surface area (Å²) in [5.41, 5.74) is 0. The molecule has 1 aliphatic carbocycles. The highest BCUT2D eigenvalue weighted by Gasteiger charge is 2.20. The fourth-order valence-corrected chi connectivity index (χ4v) is 4.68. The van der Waals surface area contributed by atoms with Gasteiger partial charge in [0.25, 0.3) is 0 Å². The summed E-state index contributed by atoms with van der Waals surface area (Å²) < 4.78 is 0. The standard InChI is InChI=1S/C20H34N4S.HI/c1-2-21-20(23-18-7-4-3-5-8-18)22-15-17-10-12-24(13-11-17)16-19-9-6-14-25-19;/h6,9,14,17-18H,2-5,7-8,10-13,15-16H2,1H3,(H2,21,22,23);1H. The molecule has 0 unspecified atom stereocenters. The second-order valence-corrected chi connectivity index (χ2v) is 8.53. The van der Waals surface area contributed by atoms with Crippen molar-refractivity contribution in [1.29, 1.82) is 0 Å². The number of likely N-dealkylation sites (tertiary alicyclic amines) is 1. The minimum Gasteiger partial charge on any atom is -0.357 e. The van der Waals surface area contributed by atoms with Crippen LogP contribution in [0.25, 0.3) is 0 Å². The lowest BCUT2D eigenvalue weighted by Crippen LogP contribution is -2.44. The Morgan fingerprint density at radius 2 is 1.96 bits per heavy atom. The normalized spacial score (nSPS) is 20.6. The number of hydrogen-bond donors (Lipinski definition) is 2. The van der Waals surface area contributed by atoms with E-state index in [9.17, 15) is 0 Å². The number of piperidine rings is 1. The molecule has 0 bridgehead atoms. The predicted octanol–water partition coefficient (Wildman–Crippen LogP) is 4.47. The molecule has 2 heterocycles. The highest BCUT2D eigenvalue weighted by atomic mass is 127. The number of rotatable bonds is 6. The summed E-state index contributed by atoms with van der Waals surface area (Å²) in [6.07, 6.45) is 9.27. The smallest absolute Gasteiger partial charge is 0.191 e. The van der Waals surface area contributed by atoms with E-state index >= 15 is 0 Å². The molecule has 1 aliphatic heterocycles. The molecule has 0 spiro atoms. The third kappa shape index (κ3) is 7.35. The van der Waals surface area contributed by atoms with Crippen LogP contribution in [0, 0.1) is 5.92 Å². The molecule has 148 valence electrons. The van der Waals surface area contributed by atoms with E-state index in [1.807, 2.05) is 11.3 Å². The minimum absolute atomic E-state index is 0. The van der Waals surface area contributed by atoms with E-state index in [4.69, 9.17) is 4.99 Å². The van der Waals surface area contributed by atoms with Gasteiger partial charge in [-0.1, -0.05) is 25.3 Å². The molecule has 3 rings (SSSR count). The van der Waals surface area contributed by atoms with Crippen LogP contribution in [-0.2, 0) is 6.54 Å². The van der Waals surface area contributed by atoms with Crippen LogP contribution in [0.15, 0.2) is 22.5 Å². The van der Waals surface area contributed by atoms with E-state index in [0.29, 0.717) is 6.04 Å². The van der Waals surface area contributed by atoms with Crippen LogP contribution < -0.4 is 10.6 Å². The molecule has 2 fully saturated rings. The van der Waals surface area contributed by atoms with Crippen molar-refractivity contribution in [2.75, 3.05) is 26.2 Å². The largest absolute Gasteiger partial charge is 0.357 e. The van der Waals surface area contributed by atoms with E-state index in [2.05, 4.69) is 40.0 Å². The molecule has 1 saturated heterocycles. The van der Waals surface area contributed by atoms with Gasteiger partial charge in [0.05, 0.1) is 0 Å². The fourth-order valence-electron chi connectivity index (χ4n) is 3.93. The Labute approximate surface area is 180 Å². The SMILES string of the molecule is CCNC(=NCC1CCN(Cc2cccs2)CC1)NC1CCCCC1.I. The molecule has 2 aliphatic rings. The molecule has 1 saturated carbocycles. The van der Waals surface area contributed by atoms with Crippen molar-refractivity contribution in [2.24, 2.45) is 10.9 Å². The lowest BCUT2D eigenvalue weighted by Gasteiger charge is -2.31. The highest BCUT2D eigenvalue weighted by molar-refractivity contribution is 14.0. The summed E-state index contributed by atoms with van der Waals surface area (Å²) in [6.45, 7) is 7.61. The van der Waals surface area contributed by atoms with Gasteiger partial charge in [0.1, 0.15) is 0 Å². The van der Waals surface area contributed by atoms with Crippen molar-refractivity contribution >= 4 is 41.3 Å². The number of guanidine groups is 1. The first-order chi connectivity index (χ1) is 12.3. The molecule has 26 heavy (non-hydrogen) atoms. The number of thiophene rings is 1. The Kier molecular flexibility index (Phi) is 10.3. The quantitative estimate of drug-likeness (QED) is 0.351. The first kappa shape index (κ1) is 22.0. The van der Waals surface area contributed by atoms with Gasteiger partial charge >= 0.3 is 0 Å². The van der Waals surface area contributed by atoms with Gasteiger partial charge in [-0.25, -0.2) is 0 Å². The van der Waals surface area contributed by atoms with Crippen LogP contribution >= 0.6 is 35.3 Å². The number of hydrogen-bond acceptors (Lipinski definition) is 3. The van der Waals surface area contributed by atoms with Gasteiger partial charge in [0, 0.05) is 30.6 Å². The van der Waals surface area contributed by atoms with Crippen LogP contribution in [0.2, 0.25) is 0 Å². The number of nitrogens with zero attached hydrogens (tertiary/aromatic N) is 2. The number of aliphatic imine (C=N–C) groups is 1. The Morgan fingerprint density at radius 1 is 1.19 bits per heavy atom. The maximum atomic E-state index is 4.91. The topological polar surface area (TPSA) is 39.7 Å². The van der Waals surface area contributed by atoms with Crippen molar-refractivity contribution in [3.05, 3.63) is 22.4 Å². The number of halogens is 1. The molecule has 2 N–H and O–H groups in total. The molecule has 0 radical (unpaired) electrons. The zero-order chi connectivity index (χ0) is 17.3. The monoisotopic (exact) mass is 490 g/mol. The summed E-state index contributed by atoms with van der Waals surface area (Å²) in [5.74, 6) is 1.77. The highest BCUT2D eigenvalue weighted by Crippen LogP contribution is 2.21. The first-order valence-corrected chi connectivity index (χ1v) is 11.0. The molecule has 1 aromatic heterocycles. The predicted molar refractivity (Wildman–Crippen MR) is 124 cm³/mol. The molecular weight excluding hydrogens is 455 g/mol. The van der Waals surface area contributed by atoms with Gasteiger partial charge in [-0.2, -0.15) is 0 Å². The van der Waals surface area contributed by atoms with Gasteiger partial charge < -0.3 is 10.6 Å². The molecule has 0 amide bonds. The minimum atomic E-state index is 0. The summed E-state index contributed by atoms with van der Waals surface area (Å²) >= 11 is 1.87. The van der Waals surface area contributed by atoms with Crippen LogP contribution in [0.3, 0.4) is 0 Å².